The Kier molecular flexibility index (Phi) is 3.48. The fourth-order valence-electron chi connectivity index (χ4n) is 2.66. The van der Waals surface area contributed by atoms with Gasteiger partial charge in [0.15, 0.2) is 5.69 Å². The summed E-state index contributed by atoms with van der Waals surface area (Å²) in [5, 5.41) is 0.196. The summed E-state index contributed by atoms with van der Waals surface area (Å²) in [6, 6.07) is 5.75. The molecule has 0 saturated heterocycles. The largest absolute Gasteiger partial charge is 0.450 e. The highest BCUT2D eigenvalue weighted by Gasteiger charge is 2.41. The molecule has 0 radical (unpaired) electrons. The van der Waals surface area contributed by atoms with Gasteiger partial charge in [-0.05, 0) is 12.1 Å². The van der Waals surface area contributed by atoms with Crippen molar-refractivity contribution in [1.82, 2.24) is 19.4 Å². The van der Waals surface area contributed by atoms with Gasteiger partial charge in [0, 0.05) is 12.4 Å². The SMILES string of the molecule is O=C(ON1C(=O)c2ccccc2C1=O)c1nc(C(F)(F)F)n2ccncc12. The number of nitrogens with zero attached hydrogens (tertiary/aromatic N) is 4. The summed E-state index contributed by atoms with van der Waals surface area (Å²) in [4.78, 5) is 48.5. The molecule has 0 saturated carbocycles. The third kappa shape index (κ3) is 2.51. The number of benzene rings is 1. The van der Waals surface area contributed by atoms with Gasteiger partial charge in [0.1, 0.15) is 0 Å². The molecule has 0 bridgehead atoms. The summed E-state index contributed by atoms with van der Waals surface area (Å²) >= 11 is 0. The van der Waals surface area contributed by atoms with Gasteiger partial charge in [0.25, 0.3) is 11.8 Å². The van der Waals surface area contributed by atoms with Crippen LogP contribution in [0.5, 0.6) is 0 Å². The van der Waals surface area contributed by atoms with E-state index in [1.165, 1.54) is 24.3 Å². The first-order chi connectivity index (χ1) is 12.8. The van der Waals surface area contributed by atoms with Gasteiger partial charge in [0.05, 0.1) is 22.8 Å². The standard InChI is InChI=1S/C16H7F3N4O4/c17-16(18,19)15-21-11(10-7-20-5-6-22(10)15)14(26)27-23-12(24)8-3-1-2-4-9(8)13(23)25/h1-7H. The maximum atomic E-state index is 13.1. The van der Waals surface area contributed by atoms with E-state index in [4.69, 9.17) is 4.84 Å². The Labute approximate surface area is 147 Å². The van der Waals surface area contributed by atoms with Crippen molar-refractivity contribution in [1.29, 1.82) is 0 Å². The molecule has 0 spiro atoms. The topological polar surface area (TPSA) is 93.9 Å². The van der Waals surface area contributed by atoms with Gasteiger partial charge in [-0.1, -0.05) is 17.2 Å². The maximum absolute atomic E-state index is 13.1. The Bertz CT molecular complexity index is 1090. The lowest BCUT2D eigenvalue weighted by atomic mass is 10.1. The molecular formula is C16H7F3N4O4. The van der Waals surface area contributed by atoms with Crippen molar-refractivity contribution in [3.8, 4) is 0 Å². The molecule has 1 aliphatic rings. The van der Waals surface area contributed by atoms with Crippen LogP contribution in [-0.4, -0.2) is 37.2 Å². The number of carbonyl (C=O) groups excluding carboxylic acids is 3. The van der Waals surface area contributed by atoms with E-state index in [0.717, 1.165) is 18.6 Å². The molecule has 27 heavy (non-hydrogen) atoms. The molecule has 136 valence electrons. The number of hydrogen-bond donors (Lipinski definition) is 0. The van der Waals surface area contributed by atoms with Crippen molar-refractivity contribution < 1.29 is 32.4 Å². The first kappa shape index (κ1) is 16.7. The van der Waals surface area contributed by atoms with E-state index in [2.05, 4.69) is 9.97 Å². The molecule has 11 heteroatoms. The molecule has 8 nitrogen and oxygen atoms in total. The summed E-state index contributed by atoms with van der Waals surface area (Å²) < 4.78 is 40.0. The van der Waals surface area contributed by atoms with E-state index in [0.29, 0.717) is 4.40 Å². The predicted molar refractivity (Wildman–Crippen MR) is 80.3 cm³/mol. The Hall–Kier alpha value is -3.76. The van der Waals surface area contributed by atoms with Gasteiger partial charge in [-0.3, -0.25) is 19.0 Å². The van der Waals surface area contributed by atoms with E-state index < -0.39 is 35.5 Å². The Morgan fingerprint density at radius 1 is 1.07 bits per heavy atom. The van der Waals surface area contributed by atoms with E-state index in [1.54, 1.807) is 0 Å². The summed E-state index contributed by atoms with van der Waals surface area (Å²) in [5.74, 6) is -4.57. The number of aromatic nitrogens is 3. The first-order valence-electron chi connectivity index (χ1n) is 7.38. The van der Waals surface area contributed by atoms with Gasteiger partial charge in [-0.15, -0.1) is 0 Å². The Morgan fingerprint density at radius 3 is 2.30 bits per heavy atom. The molecule has 3 aromatic rings. The number of imidazole rings is 1. The lowest BCUT2D eigenvalue weighted by molar-refractivity contribution is -0.145. The van der Waals surface area contributed by atoms with Crippen molar-refractivity contribution in [3.63, 3.8) is 0 Å². The fourth-order valence-corrected chi connectivity index (χ4v) is 2.66. The van der Waals surface area contributed by atoms with Crippen LogP contribution in [0.15, 0.2) is 42.9 Å². The number of imide groups is 1. The molecule has 0 atom stereocenters. The third-order valence-electron chi connectivity index (χ3n) is 3.82. The highest BCUT2D eigenvalue weighted by Crippen LogP contribution is 2.30. The summed E-state index contributed by atoms with van der Waals surface area (Å²) in [6.45, 7) is 0. The predicted octanol–water partition coefficient (Wildman–Crippen LogP) is 2.12. The number of rotatable bonds is 2. The zero-order chi connectivity index (χ0) is 19.3. The lowest BCUT2D eigenvalue weighted by Gasteiger charge is -2.11. The lowest BCUT2D eigenvalue weighted by Crippen LogP contribution is -2.32. The second kappa shape index (κ2) is 5.62. The zero-order valence-corrected chi connectivity index (χ0v) is 13.1. The highest BCUT2D eigenvalue weighted by molar-refractivity contribution is 6.21. The number of alkyl halides is 3. The minimum absolute atomic E-state index is 0.0163. The van der Waals surface area contributed by atoms with Crippen LogP contribution in [0.25, 0.3) is 5.52 Å². The van der Waals surface area contributed by atoms with Crippen LogP contribution in [0.4, 0.5) is 13.2 Å². The molecule has 2 aromatic heterocycles. The van der Waals surface area contributed by atoms with Gasteiger partial charge < -0.3 is 4.84 Å². The number of hydrogen-bond acceptors (Lipinski definition) is 6. The zero-order valence-electron chi connectivity index (χ0n) is 13.1. The molecule has 0 fully saturated rings. The maximum Gasteiger partial charge on any atom is 0.450 e. The van der Waals surface area contributed by atoms with Gasteiger partial charge >= 0.3 is 12.1 Å². The van der Waals surface area contributed by atoms with Gasteiger partial charge in [-0.25, -0.2) is 9.78 Å². The van der Waals surface area contributed by atoms with E-state index in [9.17, 15) is 27.6 Å². The molecule has 2 amide bonds. The van der Waals surface area contributed by atoms with Crippen molar-refractivity contribution in [2.45, 2.75) is 6.18 Å². The highest BCUT2D eigenvalue weighted by atomic mass is 19.4. The number of halogens is 3. The smallest absolute Gasteiger partial charge is 0.322 e. The summed E-state index contributed by atoms with van der Waals surface area (Å²) in [7, 11) is 0. The third-order valence-corrected chi connectivity index (χ3v) is 3.82. The number of fused-ring (bicyclic) bond motifs is 2. The molecule has 1 aliphatic heterocycles. The quantitative estimate of drug-likeness (QED) is 0.636. The van der Waals surface area contributed by atoms with Crippen LogP contribution >= 0.6 is 0 Å². The molecule has 0 aliphatic carbocycles. The molecule has 3 heterocycles. The van der Waals surface area contributed by atoms with Crippen molar-refractivity contribution in [2.24, 2.45) is 0 Å². The van der Waals surface area contributed by atoms with Gasteiger partial charge in [-0.2, -0.15) is 13.2 Å². The Morgan fingerprint density at radius 2 is 1.70 bits per heavy atom. The average molecular weight is 376 g/mol. The van der Waals surface area contributed by atoms with Crippen LogP contribution in [0.2, 0.25) is 0 Å². The second-order valence-electron chi connectivity index (χ2n) is 5.44. The minimum atomic E-state index is -4.85. The summed E-state index contributed by atoms with van der Waals surface area (Å²) in [5.41, 5.74) is -0.983. The molecular weight excluding hydrogens is 369 g/mol. The number of hydroxylamine groups is 2. The summed E-state index contributed by atoms with van der Waals surface area (Å²) in [6.07, 6.45) is -1.80. The van der Waals surface area contributed by atoms with Crippen LogP contribution in [0, 0.1) is 0 Å². The van der Waals surface area contributed by atoms with Crippen molar-refractivity contribution >= 4 is 23.3 Å². The monoisotopic (exact) mass is 376 g/mol. The van der Waals surface area contributed by atoms with E-state index >= 15 is 0 Å². The van der Waals surface area contributed by atoms with Crippen LogP contribution in [0.3, 0.4) is 0 Å². The first-order valence-corrected chi connectivity index (χ1v) is 7.38. The second-order valence-corrected chi connectivity index (χ2v) is 5.44. The molecule has 1 aromatic carbocycles. The van der Waals surface area contributed by atoms with Crippen LogP contribution in [0.1, 0.15) is 37.0 Å². The average Bonchev–Trinajstić information content (AvgIpc) is 3.14. The molecule has 4 rings (SSSR count). The van der Waals surface area contributed by atoms with Crippen LogP contribution < -0.4 is 0 Å². The van der Waals surface area contributed by atoms with E-state index in [1.807, 2.05) is 0 Å². The fraction of sp³-hybridized carbons (Fsp3) is 0.0625. The van der Waals surface area contributed by atoms with Crippen LogP contribution in [-0.2, 0) is 11.0 Å². The van der Waals surface area contributed by atoms with E-state index in [-0.39, 0.29) is 21.7 Å². The van der Waals surface area contributed by atoms with Crippen molar-refractivity contribution in [2.75, 3.05) is 0 Å². The molecule has 0 N–H and O–H groups in total. The number of amides is 2. The number of carbonyl (C=O) groups is 3. The van der Waals surface area contributed by atoms with Crippen molar-refractivity contribution in [3.05, 3.63) is 65.5 Å². The Balaban J connectivity index is 1.71. The normalized spacial score (nSPS) is 14.0. The minimum Gasteiger partial charge on any atom is -0.322 e. The molecule has 0 unspecified atom stereocenters. The van der Waals surface area contributed by atoms with Gasteiger partial charge in [0.2, 0.25) is 5.82 Å².